The molecule has 1 radical (unpaired) electrons. The Hall–Kier alpha value is -0.530. The van der Waals surface area contributed by atoms with Crippen LogP contribution < -0.4 is 5.32 Å². The minimum Gasteiger partial charge on any atom is -0.348 e. The third-order valence-electron chi connectivity index (χ3n) is 1.80. The molecule has 0 aromatic rings. The molecule has 1 unspecified atom stereocenters. The van der Waals surface area contributed by atoms with Gasteiger partial charge in [-0.1, -0.05) is 27.7 Å². The summed E-state index contributed by atoms with van der Waals surface area (Å²) in [6, 6.07) is 0. The van der Waals surface area contributed by atoms with E-state index in [1.54, 1.807) is 6.41 Å². The van der Waals surface area contributed by atoms with Gasteiger partial charge in [-0.05, 0) is 24.2 Å². The van der Waals surface area contributed by atoms with Gasteiger partial charge in [0.1, 0.15) is 0 Å². The summed E-state index contributed by atoms with van der Waals surface area (Å²) in [5.74, 6) is 0.672. The molecule has 0 aliphatic rings. The molecule has 0 spiro atoms. The van der Waals surface area contributed by atoms with Crippen molar-refractivity contribution >= 4 is 6.41 Å². The lowest BCUT2D eigenvalue weighted by atomic mass is 9.84. The van der Waals surface area contributed by atoms with Crippen LogP contribution in [0.25, 0.3) is 0 Å². The van der Waals surface area contributed by atoms with Gasteiger partial charge < -0.3 is 5.32 Å². The number of carbonyl (C=O) groups excluding carboxylic acids is 1. The lowest BCUT2D eigenvalue weighted by Gasteiger charge is -2.22. The maximum Gasteiger partial charge on any atom is 0.309 e. The maximum atomic E-state index is 9.84. The first-order valence-corrected chi connectivity index (χ1v) is 4.56. The second-order valence-corrected chi connectivity index (χ2v) is 4.69. The molecule has 1 amide bonds. The molecule has 1 atom stereocenters. The largest absolute Gasteiger partial charge is 0.348 e. The van der Waals surface area contributed by atoms with Crippen molar-refractivity contribution in [1.29, 1.82) is 0 Å². The molecule has 0 fully saturated rings. The predicted molar refractivity (Wildman–Crippen MR) is 51.5 cm³/mol. The monoisotopic (exact) mass is 170 g/mol. The highest BCUT2D eigenvalue weighted by molar-refractivity contribution is 5.46. The van der Waals surface area contributed by atoms with Crippen molar-refractivity contribution in [3.63, 3.8) is 0 Å². The first kappa shape index (κ1) is 11.5. The van der Waals surface area contributed by atoms with E-state index in [1.807, 2.05) is 0 Å². The fraction of sp³-hybridized carbons (Fsp3) is 0.900. The number of nitrogens with one attached hydrogen (secondary N) is 1. The summed E-state index contributed by atoms with van der Waals surface area (Å²) in [4.78, 5) is 9.84. The van der Waals surface area contributed by atoms with E-state index in [9.17, 15) is 4.79 Å². The summed E-state index contributed by atoms with van der Waals surface area (Å²) in [7, 11) is 0. The molecule has 71 valence electrons. The zero-order chi connectivity index (χ0) is 9.61. The Labute approximate surface area is 75.7 Å². The number of rotatable bonds is 5. The second kappa shape index (κ2) is 5.18. The van der Waals surface area contributed by atoms with Crippen LogP contribution in [0, 0.1) is 11.3 Å². The van der Waals surface area contributed by atoms with Crippen molar-refractivity contribution < 1.29 is 4.79 Å². The quantitative estimate of drug-likeness (QED) is 0.497. The molecule has 0 rings (SSSR count). The Balaban J connectivity index is 3.46. The smallest absolute Gasteiger partial charge is 0.309 e. The van der Waals surface area contributed by atoms with E-state index in [-0.39, 0.29) is 0 Å². The fourth-order valence-corrected chi connectivity index (χ4v) is 1.52. The molecule has 0 heterocycles. The molecule has 12 heavy (non-hydrogen) atoms. The summed E-state index contributed by atoms with van der Waals surface area (Å²) in [6.07, 6.45) is 3.94. The van der Waals surface area contributed by atoms with E-state index >= 15 is 0 Å². The van der Waals surface area contributed by atoms with Crippen LogP contribution in [-0.4, -0.2) is 13.0 Å². The van der Waals surface area contributed by atoms with E-state index in [1.165, 1.54) is 6.42 Å². The Morgan fingerprint density at radius 1 is 1.42 bits per heavy atom. The number of hydrogen-bond donors (Lipinski definition) is 1. The van der Waals surface area contributed by atoms with E-state index in [2.05, 4.69) is 33.0 Å². The number of hydrogen-bond acceptors (Lipinski definition) is 1. The standard InChI is InChI=1S/C10H20NO/c1-9(5-6-11-8-12)7-10(2,3)4/h9H,5-7H2,1-4H3,(H,11,12). The third kappa shape index (κ3) is 7.58. The van der Waals surface area contributed by atoms with Crippen molar-refractivity contribution in [2.24, 2.45) is 11.3 Å². The van der Waals surface area contributed by atoms with Gasteiger partial charge in [0.15, 0.2) is 0 Å². The SMILES string of the molecule is CC(CCN[C]=O)CC(C)(C)C. The van der Waals surface area contributed by atoms with Crippen LogP contribution in [0.3, 0.4) is 0 Å². The van der Waals surface area contributed by atoms with E-state index in [0.717, 1.165) is 13.0 Å². The molecule has 0 aliphatic heterocycles. The van der Waals surface area contributed by atoms with Crippen molar-refractivity contribution in [3.05, 3.63) is 0 Å². The summed E-state index contributed by atoms with van der Waals surface area (Å²) in [6.45, 7) is 9.69. The average Bonchev–Trinajstić information content (AvgIpc) is 1.84. The van der Waals surface area contributed by atoms with Crippen LogP contribution in [0.2, 0.25) is 0 Å². The van der Waals surface area contributed by atoms with E-state index in [0.29, 0.717) is 11.3 Å². The van der Waals surface area contributed by atoms with Gasteiger partial charge in [0.2, 0.25) is 0 Å². The highest BCUT2D eigenvalue weighted by Crippen LogP contribution is 2.25. The second-order valence-electron chi connectivity index (χ2n) is 4.69. The Bertz CT molecular complexity index is 126. The van der Waals surface area contributed by atoms with Crippen LogP contribution in [0.15, 0.2) is 0 Å². The van der Waals surface area contributed by atoms with Gasteiger partial charge in [-0.3, -0.25) is 4.79 Å². The lowest BCUT2D eigenvalue weighted by molar-refractivity contribution is 0.297. The van der Waals surface area contributed by atoms with Crippen LogP contribution >= 0.6 is 0 Å². The van der Waals surface area contributed by atoms with Gasteiger partial charge in [-0.2, -0.15) is 0 Å². The molecule has 2 nitrogen and oxygen atoms in total. The molecule has 0 bridgehead atoms. The molecule has 0 aliphatic carbocycles. The van der Waals surface area contributed by atoms with Crippen molar-refractivity contribution in [1.82, 2.24) is 5.32 Å². The number of amides is 1. The van der Waals surface area contributed by atoms with Gasteiger partial charge in [0.25, 0.3) is 0 Å². The molecule has 0 aromatic heterocycles. The molecular weight excluding hydrogens is 150 g/mol. The summed E-state index contributed by atoms with van der Waals surface area (Å²) in [5, 5.41) is 2.56. The molecule has 0 aromatic carbocycles. The van der Waals surface area contributed by atoms with Crippen LogP contribution in [0.1, 0.15) is 40.5 Å². The lowest BCUT2D eigenvalue weighted by Crippen LogP contribution is -2.18. The van der Waals surface area contributed by atoms with Crippen molar-refractivity contribution in [2.75, 3.05) is 6.54 Å². The molecule has 1 N–H and O–H groups in total. The Morgan fingerprint density at radius 2 is 2.00 bits per heavy atom. The first-order chi connectivity index (χ1) is 5.45. The third-order valence-corrected chi connectivity index (χ3v) is 1.80. The zero-order valence-corrected chi connectivity index (χ0v) is 8.61. The van der Waals surface area contributed by atoms with E-state index in [4.69, 9.17) is 0 Å². The van der Waals surface area contributed by atoms with Gasteiger partial charge >= 0.3 is 6.41 Å². The maximum absolute atomic E-state index is 9.84. The minimum absolute atomic E-state index is 0.393. The molecular formula is C10H20NO. The summed E-state index contributed by atoms with van der Waals surface area (Å²) in [5.41, 5.74) is 0.393. The van der Waals surface area contributed by atoms with Crippen molar-refractivity contribution in [2.45, 2.75) is 40.5 Å². The van der Waals surface area contributed by atoms with Gasteiger partial charge in [0, 0.05) is 6.54 Å². The van der Waals surface area contributed by atoms with Gasteiger partial charge in [-0.15, -0.1) is 0 Å². The van der Waals surface area contributed by atoms with Crippen molar-refractivity contribution in [3.8, 4) is 0 Å². The minimum atomic E-state index is 0.393. The Kier molecular flexibility index (Phi) is 4.95. The normalized spacial score (nSPS) is 14.0. The van der Waals surface area contributed by atoms with Crippen LogP contribution in [0.5, 0.6) is 0 Å². The van der Waals surface area contributed by atoms with Gasteiger partial charge in [-0.25, -0.2) is 0 Å². The molecule has 0 saturated carbocycles. The molecule has 2 heteroatoms. The average molecular weight is 170 g/mol. The van der Waals surface area contributed by atoms with Crippen LogP contribution in [0.4, 0.5) is 0 Å². The fourth-order valence-electron chi connectivity index (χ4n) is 1.52. The topological polar surface area (TPSA) is 29.1 Å². The van der Waals surface area contributed by atoms with Crippen LogP contribution in [-0.2, 0) is 4.79 Å². The molecule has 0 saturated heterocycles. The highest BCUT2D eigenvalue weighted by atomic mass is 16.1. The summed E-state index contributed by atoms with van der Waals surface area (Å²) < 4.78 is 0. The highest BCUT2D eigenvalue weighted by Gasteiger charge is 2.14. The van der Waals surface area contributed by atoms with Gasteiger partial charge in [0.05, 0.1) is 0 Å². The Morgan fingerprint density at radius 3 is 2.42 bits per heavy atom. The zero-order valence-electron chi connectivity index (χ0n) is 8.61. The van der Waals surface area contributed by atoms with E-state index < -0.39 is 0 Å². The predicted octanol–water partition coefficient (Wildman–Crippen LogP) is 2.11. The summed E-state index contributed by atoms with van der Waals surface area (Å²) >= 11 is 0. The first-order valence-electron chi connectivity index (χ1n) is 4.56.